The summed E-state index contributed by atoms with van der Waals surface area (Å²) in [6.45, 7) is 0. The number of nitrogens with zero attached hydrogens (tertiary/aromatic N) is 2. The molecular formula is C4H8N2O3S. The highest BCUT2D eigenvalue weighted by molar-refractivity contribution is 7.89. The van der Waals surface area contributed by atoms with Crippen LogP contribution in [0.25, 0.3) is 0 Å². The van der Waals surface area contributed by atoms with Gasteiger partial charge < -0.3 is 0 Å². The van der Waals surface area contributed by atoms with Crippen molar-refractivity contribution in [2.75, 3.05) is 19.9 Å². The molecule has 0 saturated carbocycles. The maximum atomic E-state index is 10.7. The summed E-state index contributed by atoms with van der Waals surface area (Å²) in [4.78, 5) is 4.36. The molecular weight excluding hydrogens is 156 g/mol. The SMILES string of the molecule is CON(C)S(=O)(=O)CC#N. The van der Waals surface area contributed by atoms with Crippen molar-refractivity contribution in [3.8, 4) is 6.07 Å². The van der Waals surface area contributed by atoms with Gasteiger partial charge in [-0.1, -0.05) is 4.47 Å². The molecule has 0 unspecified atom stereocenters. The molecule has 0 radical (unpaired) electrons. The van der Waals surface area contributed by atoms with Crippen LogP contribution < -0.4 is 0 Å². The second-order valence-corrected chi connectivity index (χ2v) is 3.47. The molecule has 6 heteroatoms. The third-order valence-corrected chi connectivity index (χ3v) is 2.32. The minimum absolute atomic E-state index is 0.558. The number of sulfonamides is 1. The smallest absolute Gasteiger partial charge is 0.249 e. The van der Waals surface area contributed by atoms with Gasteiger partial charge in [0.25, 0.3) is 0 Å². The highest BCUT2D eigenvalue weighted by Gasteiger charge is 2.15. The Balaban J connectivity index is 4.30. The lowest BCUT2D eigenvalue weighted by molar-refractivity contribution is -0.0254. The first kappa shape index (κ1) is 9.36. The zero-order valence-corrected chi connectivity index (χ0v) is 6.55. The van der Waals surface area contributed by atoms with Gasteiger partial charge in [0.15, 0.2) is 5.75 Å². The highest BCUT2D eigenvalue weighted by atomic mass is 32.2. The zero-order valence-electron chi connectivity index (χ0n) is 5.73. The molecule has 0 aromatic heterocycles. The molecule has 0 saturated heterocycles. The summed E-state index contributed by atoms with van der Waals surface area (Å²) in [6.07, 6.45) is 0. The number of rotatable bonds is 3. The molecule has 0 aromatic carbocycles. The first-order valence-electron chi connectivity index (χ1n) is 2.42. The van der Waals surface area contributed by atoms with Crippen LogP contribution in [0.15, 0.2) is 0 Å². The Labute approximate surface area is 59.8 Å². The summed E-state index contributed by atoms with van der Waals surface area (Å²) < 4.78 is 22.1. The Hall–Kier alpha value is -0.640. The largest absolute Gasteiger partial charge is 0.288 e. The summed E-state index contributed by atoms with van der Waals surface area (Å²) in [7, 11) is -1.06. The number of hydrogen-bond acceptors (Lipinski definition) is 4. The van der Waals surface area contributed by atoms with Crippen LogP contribution in [0.3, 0.4) is 0 Å². The van der Waals surface area contributed by atoms with E-state index in [2.05, 4.69) is 4.84 Å². The van der Waals surface area contributed by atoms with Crippen LogP contribution in [0.5, 0.6) is 0 Å². The summed E-state index contributed by atoms with van der Waals surface area (Å²) in [5.74, 6) is -0.558. The van der Waals surface area contributed by atoms with Crippen molar-refractivity contribution in [3.05, 3.63) is 0 Å². The number of hydrogen-bond donors (Lipinski definition) is 0. The quantitative estimate of drug-likeness (QED) is 0.519. The second kappa shape index (κ2) is 3.51. The fourth-order valence-electron chi connectivity index (χ4n) is 0.286. The van der Waals surface area contributed by atoms with Crippen molar-refractivity contribution in [3.63, 3.8) is 0 Å². The number of nitriles is 1. The van der Waals surface area contributed by atoms with Crippen LogP contribution in [0.4, 0.5) is 0 Å². The molecule has 0 N–H and O–H groups in total. The molecule has 0 spiro atoms. The van der Waals surface area contributed by atoms with Crippen molar-refractivity contribution in [1.82, 2.24) is 4.47 Å². The predicted molar refractivity (Wildman–Crippen MR) is 34.2 cm³/mol. The Morgan fingerprint density at radius 3 is 2.50 bits per heavy atom. The molecule has 58 valence electrons. The molecule has 0 aliphatic heterocycles. The Morgan fingerprint density at radius 1 is 1.70 bits per heavy atom. The molecule has 0 heterocycles. The number of hydroxylamine groups is 1. The third-order valence-electron chi connectivity index (χ3n) is 0.896. The van der Waals surface area contributed by atoms with E-state index in [1.807, 2.05) is 0 Å². The Bertz CT molecular complexity index is 227. The van der Waals surface area contributed by atoms with Gasteiger partial charge in [0.2, 0.25) is 10.0 Å². The molecule has 0 fully saturated rings. The fourth-order valence-corrected chi connectivity index (χ4v) is 0.858. The Kier molecular flexibility index (Phi) is 3.28. The molecule has 0 rings (SSSR count). The minimum Gasteiger partial charge on any atom is -0.288 e. The standard InChI is InChI=1S/C4H8N2O3S/c1-6(9-2)10(7,8)4-3-5/h4H2,1-2H3. The summed E-state index contributed by atoms with van der Waals surface area (Å²) in [6, 6.07) is 1.51. The first-order chi connectivity index (χ1) is 4.54. The van der Waals surface area contributed by atoms with Crippen LogP contribution in [0.2, 0.25) is 0 Å². The minimum atomic E-state index is -3.51. The fraction of sp³-hybridized carbons (Fsp3) is 0.750. The topological polar surface area (TPSA) is 70.4 Å². The first-order valence-corrected chi connectivity index (χ1v) is 4.03. The summed E-state index contributed by atoms with van der Waals surface area (Å²) in [5.41, 5.74) is 0. The monoisotopic (exact) mass is 164 g/mol. The molecule has 0 bridgehead atoms. The van der Waals surface area contributed by atoms with E-state index in [0.717, 1.165) is 0 Å². The normalized spacial score (nSPS) is 11.4. The van der Waals surface area contributed by atoms with Gasteiger partial charge in [-0.2, -0.15) is 5.26 Å². The molecule has 0 atom stereocenters. The van der Waals surface area contributed by atoms with Gasteiger partial charge >= 0.3 is 0 Å². The lowest BCUT2D eigenvalue weighted by Gasteiger charge is -2.10. The zero-order chi connectivity index (χ0) is 8.20. The maximum absolute atomic E-state index is 10.7. The van der Waals surface area contributed by atoms with Gasteiger partial charge in [-0.3, -0.25) is 4.84 Å². The predicted octanol–water partition coefficient (Wildman–Crippen LogP) is -0.667. The van der Waals surface area contributed by atoms with Gasteiger partial charge in [0.1, 0.15) is 0 Å². The van der Waals surface area contributed by atoms with Gasteiger partial charge in [-0.15, -0.1) is 0 Å². The van der Waals surface area contributed by atoms with Gasteiger partial charge in [-0.25, -0.2) is 8.42 Å². The van der Waals surface area contributed by atoms with Crippen molar-refractivity contribution in [2.24, 2.45) is 0 Å². The van der Waals surface area contributed by atoms with E-state index >= 15 is 0 Å². The van der Waals surface area contributed by atoms with Crippen LogP contribution in [0, 0.1) is 11.3 Å². The molecule has 10 heavy (non-hydrogen) atoms. The van der Waals surface area contributed by atoms with Gasteiger partial charge in [0, 0.05) is 7.05 Å². The maximum Gasteiger partial charge on any atom is 0.249 e. The van der Waals surface area contributed by atoms with Gasteiger partial charge in [0.05, 0.1) is 13.2 Å². The van der Waals surface area contributed by atoms with Crippen LogP contribution in [-0.2, 0) is 14.9 Å². The molecule has 0 aliphatic carbocycles. The van der Waals surface area contributed by atoms with Crippen molar-refractivity contribution < 1.29 is 13.3 Å². The van der Waals surface area contributed by atoms with E-state index in [1.165, 1.54) is 20.2 Å². The average Bonchev–Trinajstić information content (AvgIpc) is 1.86. The van der Waals surface area contributed by atoms with E-state index in [1.54, 1.807) is 0 Å². The molecule has 0 aliphatic rings. The third kappa shape index (κ3) is 2.31. The lowest BCUT2D eigenvalue weighted by atomic mass is 10.9. The Morgan fingerprint density at radius 2 is 2.20 bits per heavy atom. The van der Waals surface area contributed by atoms with E-state index in [9.17, 15) is 8.42 Å². The highest BCUT2D eigenvalue weighted by Crippen LogP contribution is 1.95. The van der Waals surface area contributed by atoms with Crippen molar-refractivity contribution in [2.45, 2.75) is 0 Å². The van der Waals surface area contributed by atoms with Crippen molar-refractivity contribution >= 4 is 10.0 Å². The summed E-state index contributed by atoms with van der Waals surface area (Å²) in [5, 5.41) is 8.03. The molecule has 0 aromatic rings. The molecule has 0 amide bonds. The second-order valence-electron chi connectivity index (χ2n) is 1.51. The molecule has 5 nitrogen and oxygen atoms in total. The van der Waals surface area contributed by atoms with Gasteiger partial charge in [-0.05, 0) is 0 Å². The lowest BCUT2D eigenvalue weighted by Crippen LogP contribution is -2.27. The van der Waals surface area contributed by atoms with E-state index in [-0.39, 0.29) is 0 Å². The van der Waals surface area contributed by atoms with E-state index in [4.69, 9.17) is 5.26 Å². The van der Waals surface area contributed by atoms with E-state index < -0.39 is 15.8 Å². The average molecular weight is 164 g/mol. The summed E-state index contributed by atoms with van der Waals surface area (Å²) >= 11 is 0. The van der Waals surface area contributed by atoms with Crippen LogP contribution in [-0.4, -0.2) is 32.8 Å². The van der Waals surface area contributed by atoms with E-state index in [0.29, 0.717) is 4.47 Å². The van der Waals surface area contributed by atoms with Crippen LogP contribution >= 0.6 is 0 Å². The van der Waals surface area contributed by atoms with Crippen molar-refractivity contribution in [1.29, 1.82) is 5.26 Å². The van der Waals surface area contributed by atoms with Crippen LogP contribution in [0.1, 0.15) is 0 Å².